The summed E-state index contributed by atoms with van der Waals surface area (Å²) in [4.78, 5) is 0. The summed E-state index contributed by atoms with van der Waals surface area (Å²) in [6.45, 7) is 3.12. The average Bonchev–Trinajstić information content (AvgIpc) is 2.39. The second-order valence-electron chi connectivity index (χ2n) is 3.58. The van der Waals surface area contributed by atoms with Crippen molar-refractivity contribution in [3.63, 3.8) is 0 Å². The first-order chi connectivity index (χ1) is 8.40. The van der Waals surface area contributed by atoms with E-state index >= 15 is 0 Å². The van der Waals surface area contributed by atoms with Crippen LogP contribution in [-0.2, 0) is 26.1 Å². The van der Waals surface area contributed by atoms with E-state index in [0.717, 1.165) is 17.1 Å². The standard InChI is InChI=1S/C15H15O2.BrH.Zn/c1-2-16-14-10-6-7-11-15(14)17-12-13-8-4-3-5-9-13;;/h3-5,7-11H,2,12H2,1H3;1H;/q-1;;. The Morgan fingerprint density at radius 1 is 1.00 bits per heavy atom. The summed E-state index contributed by atoms with van der Waals surface area (Å²) < 4.78 is 11.2. The van der Waals surface area contributed by atoms with Gasteiger partial charge in [0, 0.05) is 25.2 Å². The molecule has 2 aromatic carbocycles. The van der Waals surface area contributed by atoms with E-state index in [4.69, 9.17) is 9.47 Å². The van der Waals surface area contributed by atoms with Crippen molar-refractivity contribution in [1.29, 1.82) is 0 Å². The molecule has 2 nitrogen and oxygen atoms in total. The van der Waals surface area contributed by atoms with Crippen LogP contribution in [0.25, 0.3) is 0 Å². The van der Waals surface area contributed by atoms with Crippen molar-refractivity contribution in [3.8, 4) is 11.5 Å². The number of hydrogen-bond acceptors (Lipinski definition) is 2. The van der Waals surface area contributed by atoms with Crippen molar-refractivity contribution in [2.24, 2.45) is 0 Å². The summed E-state index contributed by atoms with van der Waals surface area (Å²) in [5.41, 5.74) is 1.14. The minimum absolute atomic E-state index is 0. The van der Waals surface area contributed by atoms with Crippen molar-refractivity contribution >= 4 is 17.0 Å². The molecule has 0 aliphatic carbocycles. The van der Waals surface area contributed by atoms with E-state index in [2.05, 4.69) is 6.07 Å². The zero-order valence-corrected chi connectivity index (χ0v) is 15.6. The van der Waals surface area contributed by atoms with E-state index in [0.29, 0.717) is 13.2 Å². The Morgan fingerprint density at radius 2 is 1.74 bits per heavy atom. The summed E-state index contributed by atoms with van der Waals surface area (Å²) in [5.74, 6) is 1.50. The van der Waals surface area contributed by atoms with Gasteiger partial charge in [0.25, 0.3) is 0 Å². The number of rotatable bonds is 5. The smallest absolute Gasteiger partial charge is 0.110 e. The molecular weight excluding hydrogens is 357 g/mol. The van der Waals surface area contributed by atoms with Crippen molar-refractivity contribution in [3.05, 3.63) is 60.2 Å². The second-order valence-corrected chi connectivity index (χ2v) is 3.58. The van der Waals surface area contributed by atoms with Gasteiger partial charge in [-0.2, -0.15) is 12.1 Å². The van der Waals surface area contributed by atoms with Crippen LogP contribution in [0.15, 0.2) is 48.5 Å². The summed E-state index contributed by atoms with van der Waals surface area (Å²) in [6.07, 6.45) is 0. The van der Waals surface area contributed by atoms with Crippen molar-refractivity contribution in [2.75, 3.05) is 6.61 Å². The van der Waals surface area contributed by atoms with E-state index in [-0.39, 0.29) is 36.5 Å². The maximum absolute atomic E-state index is 5.73. The molecule has 0 aliphatic heterocycles. The van der Waals surface area contributed by atoms with E-state index in [9.17, 15) is 0 Å². The molecule has 0 spiro atoms. The molecule has 0 N–H and O–H groups in total. The van der Waals surface area contributed by atoms with Gasteiger partial charge >= 0.3 is 0 Å². The number of hydrogen-bond donors (Lipinski definition) is 0. The van der Waals surface area contributed by atoms with Gasteiger partial charge in [0.05, 0.1) is 12.4 Å². The summed E-state index contributed by atoms with van der Waals surface area (Å²) >= 11 is 0. The Bertz CT molecular complexity index is 463. The number of halogens is 1. The third kappa shape index (κ3) is 5.75. The molecule has 0 fully saturated rings. The van der Waals surface area contributed by atoms with Gasteiger partial charge in [-0.25, -0.2) is 0 Å². The first-order valence-electron chi connectivity index (χ1n) is 5.69. The van der Waals surface area contributed by atoms with Crippen molar-refractivity contribution < 1.29 is 29.0 Å². The summed E-state index contributed by atoms with van der Waals surface area (Å²) in [5, 5.41) is 0. The van der Waals surface area contributed by atoms with Gasteiger partial charge in [-0.05, 0) is 12.5 Å². The molecule has 0 aliphatic rings. The Kier molecular flexibility index (Phi) is 9.54. The van der Waals surface area contributed by atoms with E-state index in [1.54, 1.807) is 6.07 Å². The first-order valence-corrected chi connectivity index (χ1v) is 5.69. The molecular formula is C15H16BrO2Zn-. The molecule has 98 valence electrons. The molecule has 2 aromatic rings. The van der Waals surface area contributed by atoms with Crippen molar-refractivity contribution in [1.82, 2.24) is 0 Å². The minimum Gasteiger partial charge on any atom is -0.548 e. The Balaban J connectivity index is 0.00000162. The largest absolute Gasteiger partial charge is 0.548 e. The van der Waals surface area contributed by atoms with Gasteiger partial charge in [0.1, 0.15) is 6.61 Å². The Hall–Kier alpha value is -0.857. The molecule has 2 rings (SSSR count). The van der Waals surface area contributed by atoms with E-state index in [1.807, 2.05) is 49.4 Å². The predicted octanol–water partition coefficient (Wildman–Crippen LogP) is 4.04. The van der Waals surface area contributed by atoms with Crippen LogP contribution in [0.3, 0.4) is 0 Å². The monoisotopic (exact) mass is 371 g/mol. The van der Waals surface area contributed by atoms with Crippen LogP contribution in [0.5, 0.6) is 11.5 Å². The van der Waals surface area contributed by atoms with Crippen LogP contribution >= 0.6 is 17.0 Å². The van der Waals surface area contributed by atoms with Crippen LogP contribution in [0, 0.1) is 6.07 Å². The fourth-order valence-electron chi connectivity index (χ4n) is 1.52. The third-order valence-corrected chi connectivity index (χ3v) is 2.33. The molecule has 0 radical (unpaired) electrons. The zero-order chi connectivity index (χ0) is 11.9. The van der Waals surface area contributed by atoms with Gasteiger partial charge in [-0.1, -0.05) is 30.3 Å². The average molecular weight is 374 g/mol. The predicted molar refractivity (Wildman–Crippen MR) is 77.5 cm³/mol. The molecule has 0 amide bonds. The van der Waals surface area contributed by atoms with E-state index in [1.165, 1.54) is 0 Å². The fraction of sp³-hybridized carbons (Fsp3) is 0.200. The van der Waals surface area contributed by atoms with Crippen molar-refractivity contribution in [2.45, 2.75) is 13.5 Å². The van der Waals surface area contributed by atoms with Gasteiger partial charge in [-0.3, -0.25) is 0 Å². The maximum Gasteiger partial charge on any atom is 0.110 e. The number of ether oxygens (including phenoxy) is 2. The zero-order valence-electron chi connectivity index (χ0n) is 11.0. The van der Waals surface area contributed by atoms with Gasteiger partial charge in [0.15, 0.2) is 0 Å². The molecule has 19 heavy (non-hydrogen) atoms. The van der Waals surface area contributed by atoms with Crippen LogP contribution in [0.1, 0.15) is 12.5 Å². The van der Waals surface area contributed by atoms with Crippen LogP contribution in [-0.4, -0.2) is 6.61 Å². The molecule has 4 heteroatoms. The molecule has 0 saturated heterocycles. The second kappa shape index (κ2) is 9.99. The van der Waals surface area contributed by atoms with Crippen LogP contribution < -0.4 is 9.47 Å². The Morgan fingerprint density at radius 3 is 2.42 bits per heavy atom. The molecule has 0 bridgehead atoms. The summed E-state index contributed by atoms with van der Waals surface area (Å²) in [6, 6.07) is 18.5. The minimum atomic E-state index is 0. The SMILES string of the molecule is Br.CCOc1c[c-]ccc1OCc1ccccc1.[Zn]. The van der Waals surface area contributed by atoms with E-state index < -0.39 is 0 Å². The molecule has 0 atom stereocenters. The molecule has 0 heterocycles. The molecule has 0 saturated carbocycles. The number of benzene rings is 2. The van der Waals surface area contributed by atoms with Crippen LogP contribution in [0.4, 0.5) is 0 Å². The molecule has 0 unspecified atom stereocenters. The maximum atomic E-state index is 5.73. The summed E-state index contributed by atoms with van der Waals surface area (Å²) in [7, 11) is 0. The van der Waals surface area contributed by atoms with Gasteiger partial charge < -0.3 is 9.47 Å². The third-order valence-electron chi connectivity index (χ3n) is 2.33. The fourth-order valence-corrected chi connectivity index (χ4v) is 1.52. The first kappa shape index (κ1) is 18.1. The van der Waals surface area contributed by atoms with Gasteiger partial charge in [-0.15, -0.1) is 29.1 Å². The molecule has 0 aromatic heterocycles. The normalized spacial score (nSPS) is 8.89. The quantitative estimate of drug-likeness (QED) is 0.582. The Labute approximate surface area is 137 Å². The topological polar surface area (TPSA) is 18.5 Å². The van der Waals surface area contributed by atoms with Gasteiger partial charge in [0.2, 0.25) is 0 Å². The van der Waals surface area contributed by atoms with Crippen LogP contribution in [0.2, 0.25) is 0 Å².